The highest BCUT2D eigenvalue weighted by Crippen LogP contribution is 2.30. The number of hydrogen-bond donors (Lipinski definition) is 0. The summed E-state index contributed by atoms with van der Waals surface area (Å²) >= 11 is 0. The Morgan fingerprint density at radius 3 is 2.36 bits per heavy atom. The molecule has 0 unspecified atom stereocenters. The van der Waals surface area contributed by atoms with Crippen molar-refractivity contribution in [1.29, 1.82) is 5.26 Å². The minimum Gasteiger partial charge on any atom is -0.454 e. The molecule has 7 heteroatoms. The van der Waals surface area contributed by atoms with Crippen molar-refractivity contribution in [3.63, 3.8) is 0 Å². The summed E-state index contributed by atoms with van der Waals surface area (Å²) in [6, 6.07) is 11.9. The van der Waals surface area contributed by atoms with Gasteiger partial charge in [-0.25, -0.2) is 4.79 Å². The summed E-state index contributed by atoms with van der Waals surface area (Å²) in [5, 5.41) is 14.5. The molecule has 178 valence electrons. The molecule has 1 aromatic carbocycles. The molecule has 7 nitrogen and oxygen atoms in total. The molecule has 33 heavy (non-hydrogen) atoms. The monoisotopic (exact) mass is 453 g/mol. The maximum absolute atomic E-state index is 11.9. The average Bonchev–Trinajstić information content (AvgIpc) is 3.13. The Bertz CT molecular complexity index is 1010. The highest BCUT2D eigenvalue weighted by atomic mass is 16.8. The summed E-state index contributed by atoms with van der Waals surface area (Å²) < 4.78 is 17.8. The molecule has 0 spiro atoms. The molecule has 0 saturated heterocycles. The SMILES string of the molecule is CCn1nc(C)cc1/C(OCOC(=O)OCCC(C)C)=C(\C#N)c1ccc(C(C)(C)C)cc1. The van der Waals surface area contributed by atoms with Crippen LogP contribution >= 0.6 is 0 Å². The number of hydrogen-bond acceptors (Lipinski definition) is 6. The lowest BCUT2D eigenvalue weighted by Gasteiger charge is -2.19. The molecule has 0 aliphatic rings. The van der Waals surface area contributed by atoms with Crippen LogP contribution in [0, 0.1) is 24.2 Å². The summed E-state index contributed by atoms with van der Waals surface area (Å²) in [7, 11) is 0. The zero-order valence-corrected chi connectivity index (χ0v) is 20.8. The largest absolute Gasteiger partial charge is 0.511 e. The fraction of sp³-hybridized carbons (Fsp3) is 0.500. The van der Waals surface area contributed by atoms with E-state index in [0.29, 0.717) is 35.1 Å². The van der Waals surface area contributed by atoms with Crippen molar-refractivity contribution in [2.75, 3.05) is 13.4 Å². The molecule has 0 amide bonds. The third kappa shape index (κ3) is 7.38. The maximum atomic E-state index is 11.9. The Morgan fingerprint density at radius 1 is 1.15 bits per heavy atom. The van der Waals surface area contributed by atoms with Crippen molar-refractivity contribution in [1.82, 2.24) is 9.78 Å². The Labute approximate surface area is 197 Å². The van der Waals surface area contributed by atoms with E-state index in [4.69, 9.17) is 14.2 Å². The van der Waals surface area contributed by atoms with Crippen molar-refractivity contribution >= 4 is 17.5 Å². The number of benzene rings is 1. The molecule has 2 rings (SSSR count). The standard InChI is InChI=1S/C26H35N3O4/c1-8-29-23(15-19(4)28-29)24(32-17-33-25(30)31-14-13-18(2)3)22(16-27)20-9-11-21(12-10-20)26(5,6)7/h9-12,15,18H,8,13-14,17H2,1-7H3/b24-22-. The summed E-state index contributed by atoms with van der Waals surface area (Å²) in [4.78, 5) is 11.9. The molecule has 0 atom stereocenters. The van der Waals surface area contributed by atoms with E-state index in [1.807, 2.05) is 58.0 Å². The van der Waals surface area contributed by atoms with Gasteiger partial charge < -0.3 is 14.2 Å². The molecule has 0 aliphatic heterocycles. The van der Waals surface area contributed by atoms with Gasteiger partial charge in [0.25, 0.3) is 0 Å². The van der Waals surface area contributed by atoms with Crippen LogP contribution in [0.4, 0.5) is 4.79 Å². The second-order valence-electron chi connectivity index (χ2n) is 9.32. The van der Waals surface area contributed by atoms with Gasteiger partial charge in [-0.05, 0) is 48.8 Å². The van der Waals surface area contributed by atoms with Crippen molar-refractivity contribution in [2.24, 2.45) is 5.92 Å². The molecular formula is C26H35N3O4. The first-order valence-corrected chi connectivity index (χ1v) is 11.3. The number of rotatable bonds is 9. The van der Waals surface area contributed by atoms with Gasteiger partial charge in [0.2, 0.25) is 6.79 Å². The second-order valence-corrected chi connectivity index (χ2v) is 9.32. The molecule has 0 N–H and O–H groups in total. The summed E-state index contributed by atoms with van der Waals surface area (Å²) in [6.07, 6.45) is -0.0534. The number of carbonyl (C=O) groups is 1. The lowest BCUT2D eigenvalue weighted by molar-refractivity contribution is -0.00694. The van der Waals surface area contributed by atoms with Crippen LogP contribution in [0.5, 0.6) is 0 Å². The molecule has 0 bridgehead atoms. The topological polar surface area (TPSA) is 86.4 Å². The third-order valence-corrected chi connectivity index (χ3v) is 5.11. The van der Waals surface area contributed by atoms with Crippen LogP contribution in [0.3, 0.4) is 0 Å². The normalized spacial score (nSPS) is 12.2. The van der Waals surface area contributed by atoms with E-state index in [0.717, 1.165) is 17.7 Å². The van der Waals surface area contributed by atoms with Crippen molar-refractivity contribution in [3.05, 3.63) is 52.8 Å². The molecule has 0 saturated carbocycles. The first-order chi connectivity index (χ1) is 15.6. The first kappa shape index (κ1) is 26.0. The number of carbonyl (C=O) groups excluding carboxylic acids is 1. The van der Waals surface area contributed by atoms with Crippen LogP contribution in [0.2, 0.25) is 0 Å². The Hall–Kier alpha value is -3.27. The highest BCUT2D eigenvalue weighted by molar-refractivity contribution is 5.94. The molecular weight excluding hydrogens is 418 g/mol. The predicted octanol–water partition coefficient (Wildman–Crippen LogP) is 6.07. The number of nitriles is 1. The third-order valence-electron chi connectivity index (χ3n) is 5.11. The van der Waals surface area contributed by atoms with Gasteiger partial charge in [0.15, 0.2) is 5.76 Å². The van der Waals surface area contributed by atoms with E-state index in [1.54, 1.807) is 4.68 Å². The van der Waals surface area contributed by atoms with Gasteiger partial charge in [0.1, 0.15) is 17.3 Å². The van der Waals surface area contributed by atoms with Gasteiger partial charge in [0, 0.05) is 6.54 Å². The molecule has 0 aliphatic carbocycles. The van der Waals surface area contributed by atoms with E-state index in [2.05, 4.69) is 31.9 Å². The minimum absolute atomic E-state index is 0.00388. The van der Waals surface area contributed by atoms with Crippen LogP contribution < -0.4 is 0 Å². The summed E-state index contributed by atoms with van der Waals surface area (Å²) in [5.74, 6) is 0.724. The van der Waals surface area contributed by atoms with Gasteiger partial charge in [0.05, 0.1) is 12.3 Å². The Balaban J connectivity index is 2.34. The highest BCUT2D eigenvalue weighted by Gasteiger charge is 2.20. The van der Waals surface area contributed by atoms with E-state index in [-0.39, 0.29) is 18.8 Å². The molecule has 0 fully saturated rings. The Morgan fingerprint density at radius 2 is 1.82 bits per heavy atom. The number of allylic oxidation sites excluding steroid dienone is 1. The van der Waals surface area contributed by atoms with Gasteiger partial charge in [-0.15, -0.1) is 0 Å². The van der Waals surface area contributed by atoms with Crippen LogP contribution in [0.25, 0.3) is 11.3 Å². The number of ether oxygens (including phenoxy) is 3. The molecule has 1 heterocycles. The lowest BCUT2D eigenvalue weighted by atomic mass is 9.86. The van der Waals surface area contributed by atoms with Gasteiger partial charge >= 0.3 is 6.16 Å². The first-order valence-electron chi connectivity index (χ1n) is 11.3. The number of nitrogens with zero attached hydrogens (tertiary/aromatic N) is 3. The van der Waals surface area contributed by atoms with Gasteiger partial charge in [-0.2, -0.15) is 10.4 Å². The van der Waals surface area contributed by atoms with E-state index >= 15 is 0 Å². The van der Waals surface area contributed by atoms with Crippen molar-refractivity contribution in [2.45, 2.75) is 66.8 Å². The predicted molar refractivity (Wildman–Crippen MR) is 128 cm³/mol. The maximum Gasteiger partial charge on any atom is 0.511 e. The quantitative estimate of drug-likeness (QED) is 0.198. The van der Waals surface area contributed by atoms with E-state index in [1.165, 1.54) is 0 Å². The zero-order chi connectivity index (χ0) is 24.6. The van der Waals surface area contributed by atoms with Gasteiger partial charge in [-0.1, -0.05) is 58.9 Å². The molecule has 2 aromatic rings. The van der Waals surface area contributed by atoms with Crippen molar-refractivity contribution in [3.8, 4) is 6.07 Å². The summed E-state index contributed by atoms with van der Waals surface area (Å²) in [6.45, 7) is 14.8. The van der Waals surface area contributed by atoms with E-state index in [9.17, 15) is 10.1 Å². The lowest BCUT2D eigenvalue weighted by Crippen LogP contribution is -2.13. The second kappa shape index (κ2) is 11.6. The smallest absolute Gasteiger partial charge is 0.454 e. The fourth-order valence-corrected chi connectivity index (χ4v) is 3.18. The average molecular weight is 454 g/mol. The number of aromatic nitrogens is 2. The van der Waals surface area contributed by atoms with Gasteiger partial charge in [-0.3, -0.25) is 4.68 Å². The fourth-order valence-electron chi connectivity index (χ4n) is 3.18. The number of aryl methyl sites for hydroxylation is 2. The Kier molecular flexibility index (Phi) is 9.10. The van der Waals surface area contributed by atoms with Crippen molar-refractivity contribution < 1.29 is 19.0 Å². The van der Waals surface area contributed by atoms with Crippen LogP contribution in [-0.2, 0) is 26.2 Å². The van der Waals surface area contributed by atoms with Crippen LogP contribution in [0.15, 0.2) is 30.3 Å². The molecule has 0 radical (unpaired) electrons. The summed E-state index contributed by atoms with van der Waals surface area (Å²) in [5.41, 5.74) is 3.64. The minimum atomic E-state index is -0.803. The zero-order valence-electron chi connectivity index (χ0n) is 20.8. The molecule has 1 aromatic heterocycles. The van der Waals surface area contributed by atoms with E-state index < -0.39 is 6.16 Å². The van der Waals surface area contributed by atoms with Crippen LogP contribution in [-0.4, -0.2) is 29.3 Å². The van der Waals surface area contributed by atoms with Crippen LogP contribution in [0.1, 0.15) is 70.5 Å².